The Bertz CT molecular complexity index is 468. The molecule has 2 aromatic rings. The smallest absolute Gasteiger partial charge is 0.159 e. The molecule has 2 heterocycles. The van der Waals surface area contributed by atoms with Gasteiger partial charge in [0.05, 0.1) is 0 Å². The van der Waals surface area contributed by atoms with Crippen molar-refractivity contribution in [2.45, 2.75) is 20.8 Å². The minimum atomic E-state index is 0.973. The van der Waals surface area contributed by atoms with Gasteiger partial charge in [-0.05, 0) is 32.4 Å². The minimum absolute atomic E-state index is 0.973. The second kappa shape index (κ2) is 2.55. The van der Waals surface area contributed by atoms with Crippen LogP contribution in [0.2, 0.25) is 0 Å². The van der Waals surface area contributed by atoms with E-state index in [-0.39, 0.29) is 0 Å². The van der Waals surface area contributed by atoms with E-state index >= 15 is 0 Å². The normalized spacial score (nSPS) is 11.1. The van der Waals surface area contributed by atoms with E-state index in [1.807, 2.05) is 25.5 Å². The first-order valence-corrected chi connectivity index (χ1v) is 4.37. The SMILES string of the molecule is Cc1cc2nc(C)n(C)c2nc1C. The zero-order chi connectivity index (χ0) is 9.59. The van der Waals surface area contributed by atoms with Crippen molar-refractivity contribution in [1.29, 1.82) is 0 Å². The average Bonchev–Trinajstić information content (AvgIpc) is 2.32. The molecule has 0 aliphatic rings. The fraction of sp³-hybridized carbons (Fsp3) is 0.400. The molecule has 0 radical (unpaired) electrons. The monoisotopic (exact) mass is 175 g/mol. The van der Waals surface area contributed by atoms with Crippen molar-refractivity contribution < 1.29 is 0 Å². The van der Waals surface area contributed by atoms with Gasteiger partial charge in [0.25, 0.3) is 0 Å². The highest BCUT2D eigenvalue weighted by atomic mass is 15.1. The Balaban J connectivity index is 2.89. The van der Waals surface area contributed by atoms with Crippen LogP contribution < -0.4 is 0 Å². The van der Waals surface area contributed by atoms with Crippen LogP contribution in [-0.4, -0.2) is 14.5 Å². The highest BCUT2D eigenvalue weighted by Gasteiger charge is 2.06. The molecule has 0 saturated heterocycles. The Labute approximate surface area is 77.4 Å². The van der Waals surface area contributed by atoms with Crippen LogP contribution in [0.4, 0.5) is 0 Å². The molecule has 0 spiro atoms. The number of fused-ring (bicyclic) bond motifs is 1. The molecule has 3 nitrogen and oxygen atoms in total. The summed E-state index contributed by atoms with van der Waals surface area (Å²) in [5.41, 5.74) is 4.24. The van der Waals surface area contributed by atoms with E-state index in [4.69, 9.17) is 0 Å². The zero-order valence-corrected chi connectivity index (χ0v) is 8.42. The highest BCUT2D eigenvalue weighted by Crippen LogP contribution is 2.15. The molecule has 0 fully saturated rings. The van der Waals surface area contributed by atoms with Crippen molar-refractivity contribution >= 4 is 11.2 Å². The van der Waals surface area contributed by atoms with Crippen LogP contribution in [0.1, 0.15) is 17.1 Å². The third-order valence-electron chi connectivity index (χ3n) is 2.51. The van der Waals surface area contributed by atoms with Gasteiger partial charge in [0.15, 0.2) is 5.65 Å². The van der Waals surface area contributed by atoms with Crippen LogP contribution in [0.5, 0.6) is 0 Å². The summed E-state index contributed by atoms with van der Waals surface area (Å²) in [7, 11) is 1.99. The number of aromatic nitrogens is 3. The third-order valence-corrected chi connectivity index (χ3v) is 2.51. The Morgan fingerprint density at radius 1 is 1.15 bits per heavy atom. The number of pyridine rings is 1. The standard InChI is InChI=1S/C10H13N3/c1-6-5-9-10(11-7(6)2)13(4)8(3)12-9/h5H,1-4H3. The highest BCUT2D eigenvalue weighted by molar-refractivity contribution is 5.72. The van der Waals surface area contributed by atoms with Crippen LogP contribution in [0.3, 0.4) is 0 Å². The van der Waals surface area contributed by atoms with Crippen molar-refractivity contribution in [2.75, 3.05) is 0 Å². The van der Waals surface area contributed by atoms with Crippen LogP contribution in [0, 0.1) is 20.8 Å². The topological polar surface area (TPSA) is 30.7 Å². The number of rotatable bonds is 0. The Hall–Kier alpha value is -1.38. The van der Waals surface area contributed by atoms with Crippen LogP contribution >= 0.6 is 0 Å². The molecule has 0 unspecified atom stereocenters. The van der Waals surface area contributed by atoms with Gasteiger partial charge < -0.3 is 4.57 Å². The lowest BCUT2D eigenvalue weighted by Gasteiger charge is -1.99. The summed E-state index contributed by atoms with van der Waals surface area (Å²) in [5.74, 6) is 1.01. The van der Waals surface area contributed by atoms with E-state index in [1.54, 1.807) is 0 Å². The molecule has 0 N–H and O–H groups in total. The van der Waals surface area contributed by atoms with Gasteiger partial charge in [-0.25, -0.2) is 9.97 Å². The zero-order valence-electron chi connectivity index (χ0n) is 8.42. The minimum Gasteiger partial charge on any atom is -0.316 e. The maximum Gasteiger partial charge on any atom is 0.159 e. The summed E-state index contributed by atoms with van der Waals surface area (Å²) in [6.45, 7) is 6.08. The molecular formula is C10H13N3. The molecule has 0 aliphatic carbocycles. The van der Waals surface area contributed by atoms with Crippen LogP contribution in [-0.2, 0) is 7.05 Å². The predicted molar refractivity (Wildman–Crippen MR) is 52.7 cm³/mol. The van der Waals surface area contributed by atoms with E-state index in [1.165, 1.54) is 5.56 Å². The van der Waals surface area contributed by atoms with E-state index in [2.05, 4.69) is 23.0 Å². The summed E-state index contributed by atoms with van der Waals surface area (Å²) in [6, 6.07) is 2.09. The lowest BCUT2D eigenvalue weighted by molar-refractivity contribution is 0.871. The largest absolute Gasteiger partial charge is 0.316 e. The summed E-state index contributed by atoms with van der Waals surface area (Å²) in [6.07, 6.45) is 0. The van der Waals surface area contributed by atoms with Crippen LogP contribution in [0.15, 0.2) is 6.07 Å². The first kappa shape index (κ1) is 8.23. The van der Waals surface area contributed by atoms with Gasteiger partial charge in [0.2, 0.25) is 0 Å². The molecule has 0 saturated carbocycles. The molecule has 0 aliphatic heterocycles. The number of aryl methyl sites for hydroxylation is 4. The number of nitrogens with zero attached hydrogens (tertiary/aromatic N) is 3. The molecule has 2 aromatic heterocycles. The quantitative estimate of drug-likeness (QED) is 0.612. The van der Waals surface area contributed by atoms with E-state index in [9.17, 15) is 0 Å². The van der Waals surface area contributed by atoms with Gasteiger partial charge in [-0.1, -0.05) is 0 Å². The summed E-state index contributed by atoms with van der Waals surface area (Å²) in [5, 5.41) is 0. The first-order chi connectivity index (χ1) is 6.09. The lowest BCUT2D eigenvalue weighted by atomic mass is 10.2. The van der Waals surface area contributed by atoms with Gasteiger partial charge in [-0.3, -0.25) is 0 Å². The lowest BCUT2D eigenvalue weighted by Crippen LogP contribution is -1.94. The van der Waals surface area contributed by atoms with Crippen molar-refractivity contribution in [3.05, 3.63) is 23.1 Å². The fourth-order valence-corrected chi connectivity index (χ4v) is 1.41. The Kier molecular flexibility index (Phi) is 1.62. The van der Waals surface area contributed by atoms with Crippen molar-refractivity contribution in [2.24, 2.45) is 7.05 Å². The van der Waals surface area contributed by atoms with E-state index in [0.717, 1.165) is 22.7 Å². The molecule has 3 heteroatoms. The summed E-state index contributed by atoms with van der Waals surface area (Å²) in [4.78, 5) is 8.91. The molecule has 68 valence electrons. The number of hydrogen-bond acceptors (Lipinski definition) is 2. The number of hydrogen-bond donors (Lipinski definition) is 0. The summed E-state index contributed by atoms with van der Waals surface area (Å²) >= 11 is 0. The second-order valence-corrected chi connectivity index (χ2v) is 3.45. The van der Waals surface area contributed by atoms with Crippen molar-refractivity contribution in [3.8, 4) is 0 Å². The molecule has 2 rings (SSSR count). The molecule has 0 amide bonds. The summed E-state index contributed by atoms with van der Waals surface area (Å²) < 4.78 is 2.02. The molecule has 0 bridgehead atoms. The average molecular weight is 175 g/mol. The molecule has 13 heavy (non-hydrogen) atoms. The van der Waals surface area contributed by atoms with E-state index in [0.29, 0.717) is 0 Å². The van der Waals surface area contributed by atoms with Gasteiger partial charge in [0, 0.05) is 12.7 Å². The third kappa shape index (κ3) is 1.11. The first-order valence-electron chi connectivity index (χ1n) is 4.37. The predicted octanol–water partition coefficient (Wildman–Crippen LogP) is 1.89. The van der Waals surface area contributed by atoms with Gasteiger partial charge in [-0.15, -0.1) is 0 Å². The van der Waals surface area contributed by atoms with Crippen molar-refractivity contribution in [1.82, 2.24) is 14.5 Å². The number of imidazole rings is 1. The Morgan fingerprint density at radius 3 is 2.54 bits per heavy atom. The maximum absolute atomic E-state index is 4.50. The molecule has 0 aromatic carbocycles. The van der Waals surface area contributed by atoms with Crippen LogP contribution in [0.25, 0.3) is 11.2 Å². The Morgan fingerprint density at radius 2 is 1.85 bits per heavy atom. The second-order valence-electron chi connectivity index (χ2n) is 3.45. The van der Waals surface area contributed by atoms with Gasteiger partial charge >= 0.3 is 0 Å². The molecular weight excluding hydrogens is 162 g/mol. The van der Waals surface area contributed by atoms with Gasteiger partial charge in [0.1, 0.15) is 11.3 Å². The van der Waals surface area contributed by atoms with Gasteiger partial charge in [-0.2, -0.15) is 0 Å². The maximum atomic E-state index is 4.50. The van der Waals surface area contributed by atoms with Crippen molar-refractivity contribution in [3.63, 3.8) is 0 Å². The fourth-order valence-electron chi connectivity index (χ4n) is 1.41. The molecule has 0 atom stereocenters. The van der Waals surface area contributed by atoms with E-state index < -0.39 is 0 Å².